The number of hydrogen-bond donors (Lipinski definition) is 12. The fraction of sp³-hybridized carbons (Fsp3) is 0.150. The summed E-state index contributed by atoms with van der Waals surface area (Å²) in [6.45, 7) is 3.18. The molecule has 0 atom stereocenters. The predicted molar refractivity (Wildman–Crippen MR) is 485 cm³/mol. The number of hydrogen-bond acceptors (Lipinski definition) is 34. The molecule has 6 aromatic carbocycles. The number of carbonyl (C=O) groups is 12. The molecular weight excluding hydrogens is 2260 g/mol. The van der Waals surface area contributed by atoms with Crippen LogP contribution in [0.15, 0.2) is 273 Å². The molecule has 0 saturated carbocycles. The minimum Gasteiger partial charge on any atom is -0.549 e. The van der Waals surface area contributed by atoms with E-state index in [-0.39, 0.29) is 196 Å². The molecule has 760 valence electrons. The van der Waals surface area contributed by atoms with Gasteiger partial charge < -0.3 is 124 Å². The molecule has 10 rings (SSSR count). The van der Waals surface area contributed by atoms with Gasteiger partial charge in [0.05, 0.1) is 127 Å². The molecule has 4 heterocycles. The molecule has 52 nitrogen and oxygen atoms in total. The summed E-state index contributed by atoms with van der Waals surface area (Å²) in [5.74, 6) is -10.8. The van der Waals surface area contributed by atoms with E-state index in [9.17, 15) is 139 Å². The van der Waals surface area contributed by atoms with Gasteiger partial charge in [0.2, 0.25) is 95.6 Å². The number of carboxylic acids is 6. The third-order valence-corrected chi connectivity index (χ3v) is 23.0. The molecule has 0 aliphatic carbocycles. The maximum Gasteiger partial charge on any atom is 3.00 e. The normalized spacial score (nSPS) is 10.1. The fourth-order valence-corrected chi connectivity index (χ4v) is 14.8. The third-order valence-electron chi connectivity index (χ3n) is 14.5. The second kappa shape index (κ2) is 69.7. The molecule has 0 bridgehead atoms. The first-order valence-electron chi connectivity index (χ1n) is 36.9. The van der Waals surface area contributed by atoms with E-state index in [0.29, 0.717) is 34.1 Å². The number of nitrogens with one attached hydrogen (secondary N) is 12. The number of anilines is 6. The van der Waals surface area contributed by atoms with Gasteiger partial charge in [0, 0.05) is 100 Å². The van der Waals surface area contributed by atoms with Crippen LogP contribution in [0.1, 0.15) is 41.5 Å². The molecule has 140 heavy (non-hydrogen) atoms. The standard InChI is InChI=1S/6C10H12N2O5S.2C10H8N2.2Eu.6H2O/c6*1-7(13)12-8-2-4-9(5-3-8)18(16,17)11-6-10(14)15;2*1-3-7-11-9(5-1)10-6-2-4-8-12-10;;;;;;;;/h6*2-5,11H,6H2,1H3,(H,12,13)(H,14,15);2*1-8H;;;6*1H2/q;;;;;;;;2*+3;;;;;;/p-4. The van der Waals surface area contributed by atoms with Gasteiger partial charge in [-0.15, -0.1) is 0 Å². The Morgan fingerprint density at radius 3 is 0.414 bits per heavy atom. The van der Waals surface area contributed by atoms with Crippen LogP contribution in [0.2, 0.25) is 0 Å². The van der Waals surface area contributed by atoms with Gasteiger partial charge in [0.15, 0.2) is 0 Å². The third kappa shape index (κ3) is 58.1. The quantitative estimate of drug-likeness (QED) is 0.0174. The topological polar surface area (TPSA) is 936 Å². The Bertz CT molecular complexity index is 5380. The summed E-state index contributed by atoms with van der Waals surface area (Å²) in [6, 6.07) is 55.0. The van der Waals surface area contributed by atoms with Crippen molar-refractivity contribution in [3.05, 3.63) is 243 Å². The molecule has 6 amide bonds. The Hall–Kier alpha value is -12.1. The number of sulfonamides is 6. The van der Waals surface area contributed by atoms with Gasteiger partial charge in [-0.3, -0.25) is 48.7 Å². The number of nitrogens with zero attached hydrogens (tertiary/aromatic N) is 4. The number of carbonyl (C=O) groups excluding carboxylic acids is 12. The maximum atomic E-state index is 11.6. The van der Waals surface area contributed by atoms with Gasteiger partial charge in [0.1, 0.15) is 0 Å². The molecule has 0 fully saturated rings. The number of rotatable bonds is 32. The molecule has 0 unspecified atom stereocenters. The van der Waals surface area contributed by atoms with Gasteiger partial charge >= 0.3 is 98.8 Å². The Labute approximate surface area is 882 Å². The van der Waals surface area contributed by atoms with Gasteiger partial charge in [-0.1, -0.05) is 24.3 Å². The van der Waals surface area contributed by atoms with Crippen LogP contribution >= 0.6 is 0 Å². The monoisotopic (exact) mass is 2350 g/mol. The first-order valence-corrected chi connectivity index (χ1v) is 45.8. The Morgan fingerprint density at radius 1 is 0.214 bits per heavy atom. The molecule has 4 aromatic heterocycles. The minimum absolute atomic E-state index is 0. The summed E-state index contributed by atoms with van der Waals surface area (Å²) < 4.78 is 150. The Balaban J connectivity index is -0.000000365. The molecular formula is C80H96Eu2N16O36S6+2. The Morgan fingerprint density at radius 2 is 0.329 bits per heavy atom. The largest absolute Gasteiger partial charge is 3.00 e. The summed E-state index contributed by atoms with van der Waals surface area (Å²) in [6.07, 6.45) is 7.07. The van der Waals surface area contributed by atoms with Gasteiger partial charge in [-0.25, -0.2) is 78.8 Å². The second-order valence-corrected chi connectivity index (χ2v) is 35.9. The summed E-state index contributed by atoms with van der Waals surface area (Å²) >= 11 is 0. The first kappa shape index (κ1) is 139. The summed E-state index contributed by atoms with van der Waals surface area (Å²) in [5, 5.41) is 75.9. The van der Waals surface area contributed by atoms with Crippen molar-refractivity contribution in [2.24, 2.45) is 0 Å². The van der Waals surface area contributed by atoms with Gasteiger partial charge in [-0.2, -0.15) is 0 Å². The van der Waals surface area contributed by atoms with Crippen molar-refractivity contribution in [2.75, 3.05) is 71.2 Å². The van der Waals surface area contributed by atoms with Crippen molar-refractivity contribution < 1.29 is 270 Å². The van der Waals surface area contributed by atoms with Crippen molar-refractivity contribution in [2.45, 2.75) is 70.9 Å². The second-order valence-electron chi connectivity index (χ2n) is 25.3. The SMILES string of the molecule is CC(=O)Nc1ccc(S(=O)(=O)NCC(=O)[O-])cc1.CC(=O)Nc1ccc(S(=O)(=O)NCC(=O)[O-])cc1.CC(=O)Nc1ccc(S(=O)(=O)NCC(=O)[O-])cc1.CC(=O)Nc1ccc(S(=O)(=O)NCC(=O)[O-])cc1.CC(=O)Nc1ccc(S(=O)(=O)NCC(=O)[O-])cc1.CC(=O)Nc1ccc(S(=O)(=O)NCC(=O)[O-])cc1.O.O.O.O.[Eu+3].[Eu+3].[OH3+].[OH3+].c1ccc(-c2ccccn2)nc1.c1ccc(-c2ccccn2)nc1. The van der Waals surface area contributed by atoms with Crippen LogP contribution in [0.3, 0.4) is 0 Å². The van der Waals surface area contributed by atoms with E-state index in [1.165, 1.54) is 187 Å². The van der Waals surface area contributed by atoms with E-state index < -0.39 is 135 Å². The zero-order valence-electron chi connectivity index (χ0n) is 73.7. The molecule has 60 heteroatoms. The number of pyridine rings is 4. The Kier molecular flexibility index (Phi) is 69.1. The average Bonchev–Trinajstić information content (AvgIpc) is 0.850. The van der Waals surface area contributed by atoms with E-state index in [1.807, 2.05) is 101 Å². The van der Waals surface area contributed by atoms with Crippen LogP contribution in [0.25, 0.3) is 22.8 Å². The molecule has 0 aliphatic heterocycles. The smallest absolute Gasteiger partial charge is 0.549 e. The van der Waals surface area contributed by atoms with E-state index in [1.54, 1.807) is 24.8 Å². The van der Waals surface area contributed by atoms with Crippen LogP contribution in [0.5, 0.6) is 0 Å². The van der Waals surface area contributed by atoms with E-state index in [0.717, 1.165) is 22.8 Å². The van der Waals surface area contributed by atoms with Crippen LogP contribution in [0.4, 0.5) is 34.1 Å². The van der Waals surface area contributed by atoms with Crippen molar-refractivity contribution >= 4 is 166 Å². The molecule has 0 aliphatic rings. The summed E-state index contributed by atoms with van der Waals surface area (Å²) in [5.41, 5.74) is 6.33. The average molecular weight is 2350 g/mol. The van der Waals surface area contributed by atoms with Crippen LogP contribution in [-0.2, 0) is 129 Å². The van der Waals surface area contributed by atoms with Crippen LogP contribution < -0.4 is 90.9 Å². The zero-order valence-corrected chi connectivity index (χ0v) is 83.5. The van der Waals surface area contributed by atoms with Gasteiger partial charge in [0.25, 0.3) is 0 Å². The summed E-state index contributed by atoms with van der Waals surface area (Å²) in [7, 11) is -23.3. The van der Waals surface area contributed by atoms with Crippen molar-refractivity contribution in [3.63, 3.8) is 0 Å². The predicted octanol–water partition coefficient (Wildman–Crippen LogP) is -8.82. The fourth-order valence-electron chi connectivity index (χ4n) is 9.00. The molecule has 0 saturated heterocycles. The van der Waals surface area contributed by atoms with Crippen molar-refractivity contribution in [1.82, 2.24) is 48.3 Å². The maximum absolute atomic E-state index is 11.6. The number of aliphatic carboxylic acids is 6. The van der Waals surface area contributed by atoms with Gasteiger partial charge in [-0.05, 0) is 194 Å². The molecule has 0 spiro atoms. The van der Waals surface area contributed by atoms with E-state index in [2.05, 4.69) is 51.8 Å². The van der Waals surface area contributed by atoms with Crippen molar-refractivity contribution in [3.8, 4) is 22.8 Å². The number of carboxylic acid groups (broad SMARTS) is 6. The molecule has 0 radical (unpaired) electrons. The van der Waals surface area contributed by atoms with E-state index >= 15 is 0 Å². The van der Waals surface area contributed by atoms with Crippen molar-refractivity contribution in [1.29, 1.82) is 0 Å². The van der Waals surface area contributed by atoms with Crippen LogP contribution in [-0.4, -0.2) is 203 Å². The number of amides is 6. The van der Waals surface area contributed by atoms with Crippen LogP contribution in [0, 0.1) is 98.8 Å². The summed E-state index contributed by atoms with van der Waals surface area (Å²) in [4.78, 5) is 142. The zero-order chi connectivity index (χ0) is 99.0. The first-order chi connectivity index (χ1) is 61.8. The molecule has 26 N–H and O–H groups in total. The minimum atomic E-state index is -3.88. The molecule has 10 aromatic rings. The number of benzene rings is 6. The van der Waals surface area contributed by atoms with E-state index in [4.69, 9.17) is 0 Å². The number of aromatic nitrogens is 4.